The first-order valence-corrected chi connectivity index (χ1v) is 7.72. The van der Waals surface area contributed by atoms with E-state index in [0.29, 0.717) is 22.2 Å². The first kappa shape index (κ1) is 17.1. The van der Waals surface area contributed by atoms with E-state index in [4.69, 9.17) is 27.9 Å². The third-order valence-electron chi connectivity index (χ3n) is 3.51. The molecule has 0 bridgehead atoms. The molecule has 3 amide bonds. The van der Waals surface area contributed by atoms with Crippen LogP contribution in [0, 0.1) is 0 Å². The van der Waals surface area contributed by atoms with Gasteiger partial charge in [-0.2, -0.15) is 0 Å². The predicted octanol–water partition coefficient (Wildman–Crippen LogP) is 3.19. The van der Waals surface area contributed by atoms with Crippen molar-refractivity contribution >= 4 is 35.1 Å². The Morgan fingerprint density at radius 1 is 1.32 bits per heavy atom. The number of carbonyl (C=O) groups excluding carboxylic acids is 2. The Morgan fingerprint density at radius 3 is 2.59 bits per heavy atom. The Labute approximate surface area is 139 Å². The quantitative estimate of drug-likeness (QED) is 0.834. The maximum absolute atomic E-state index is 12.6. The lowest BCUT2D eigenvalue weighted by Gasteiger charge is -2.23. The van der Waals surface area contributed by atoms with E-state index in [1.807, 2.05) is 13.8 Å². The van der Waals surface area contributed by atoms with E-state index in [0.717, 1.165) is 4.90 Å². The van der Waals surface area contributed by atoms with Crippen molar-refractivity contribution in [3.05, 3.63) is 33.8 Å². The van der Waals surface area contributed by atoms with Gasteiger partial charge in [-0.3, -0.25) is 9.69 Å². The van der Waals surface area contributed by atoms with Crippen LogP contribution in [-0.2, 0) is 15.1 Å². The zero-order chi connectivity index (χ0) is 16.5. The van der Waals surface area contributed by atoms with E-state index in [1.54, 1.807) is 25.1 Å². The summed E-state index contributed by atoms with van der Waals surface area (Å²) in [5.41, 5.74) is -0.680. The van der Waals surface area contributed by atoms with Gasteiger partial charge in [0.25, 0.3) is 5.91 Å². The highest BCUT2D eigenvalue weighted by atomic mass is 35.5. The normalized spacial score (nSPS) is 21.6. The van der Waals surface area contributed by atoms with Crippen molar-refractivity contribution in [3.8, 4) is 0 Å². The smallest absolute Gasteiger partial charge is 0.325 e. The lowest BCUT2D eigenvalue weighted by molar-refractivity contribution is -0.131. The van der Waals surface area contributed by atoms with Crippen LogP contribution in [-0.4, -0.2) is 36.1 Å². The SMILES string of the molecule is CC(C)OCCN1C(=O)NC(C)(c2ccc(Cl)cc2Cl)C1=O. The highest BCUT2D eigenvalue weighted by molar-refractivity contribution is 6.35. The first-order chi connectivity index (χ1) is 10.3. The largest absolute Gasteiger partial charge is 0.377 e. The van der Waals surface area contributed by atoms with Gasteiger partial charge in [0.2, 0.25) is 0 Å². The third kappa shape index (κ3) is 3.21. The number of nitrogens with one attached hydrogen (secondary N) is 1. The Hall–Kier alpha value is -1.30. The zero-order valence-corrected chi connectivity index (χ0v) is 14.2. The highest BCUT2D eigenvalue weighted by Crippen LogP contribution is 2.34. The molecule has 1 aromatic carbocycles. The molecule has 2 rings (SSSR count). The van der Waals surface area contributed by atoms with Crippen LogP contribution >= 0.6 is 23.2 Å². The van der Waals surface area contributed by atoms with Crippen LogP contribution in [0.2, 0.25) is 10.0 Å². The van der Waals surface area contributed by atoms with E-state index in [2.05, 4.69) is 5.32 Å². The summed E-state index contributed by atoms with van der Waals surface area (Å²) in [5.74, 6) is -0.353. The minimum atomic E-state index is -1.20. The highest BCUT2D eigenvalue weighted by Gasteiger charge is 2.49. The summed E-state index contributed by atoms with van der Waals surface area (Å²) < 4.78 is 5.40. The number of nitrogens with zero attached hydrogens (tertiary/aromatic N) is 1. The van der Waals surface area contributed by atoms with Gasteiger partial charge >= 0.3 is 6.03 Å². The minimum Gasteiger partial charge on any atom is -0.377 e. The van der Waals surface area contributed by atoms with Crippen molar-refractivity contribution in [1.82, 2.24) is 10.2 Å². The Kier molecular flexibility index (Phi) is 5.00. The molecule has 120 valence electrons. The lowest BCUT2D eigenvalue weighted by Crippen LogP contribution is -2.41. The summed E-state index contributed by atoms with van der Waals surface area (Å²) in [7, 11) is 0. The molecule has 1 N–H and O–H groups in total. The number of benzene rings is 1. The number of rotatable bonds is 5. The first-order valence-electron chi connectivity index (χ1n) is 6.97. The molecule has 7 heteroatoms. The maximum atomic E-state index is 12.6. The summed E-state index contributed by atoms with van der Waals surface area (Å²) in [6, 6.07) is 4.38. The monoisotopic (exact) mass is 344 g/mol. The van der Waals surface area contributed by atoms with Crippen LogP contribution < -0.4 is 5.32 Å². The number of urea groups is 1. The average molecular weight is 345 g/mol. The third-order valence-corrected chi connectivity index (χ3v) is 4.06. The van der Waals surface area contributed by atoms with E-state index in [1.165, 1.54) is 0 Å². The lowest BCUT2D eigenvalue weighted by atomic mass is 9.92. The standard InChI is InChI=1S/C15H18Cl2N2O3/c1-9(2)22-7-6-19-13(20)15(3,18-14(19)21)11-5-4-10(16)8-12(11)17/h4-5,8-9H,6-7H2,1-3H3,(H,18,21). The molecule has 0 aromatic heterocycles. The molecule has 1 aliphatic heterocycles. The minimum absolute atomic E-state index is 0.0397. The topological polar surface area (TPSA) is 58.6 Å². The van der Waals surface area contributed by atoms with Crippen LogP contribution in [0.5, 0.6) is 0 Å². The van der Waals surface area contributed by atoms with Crippen molar-refractivity contribution < 1.29 is 14.3 Å². The number of hydrogen-bond acceptors (Lipinski definition) is 3. The van der Waals surface area contributed by atoms with Gasteiger partial charge in [0.1, 0.15) is 5.54 Å². The average Bonchev–Trinajstić information content (AvgIpc) is 2.62. The second kappa shape index (κ2) is 6.44. The van der Waals surface area contributed by atoms with E-state index in [9.17, 15) is 9.59 Å². The second-order valence-corrected chi connectivity index (χ2v) is 6.40. The van der Waals surface area contributed by atoms with Crippen LogP contribution in [0.15, 0.2) is 18.2 Å². The van der Waals surface area contributed by atoms with Crippen molar-refractivity contribution in [2.24, 2.45) is 0 Å². The van der Waals surface area contributed by atoms with Gasteiger partial charge in [-0.15, -0.1) is 0 Å². The second-order valence-electron chi connectivity index (χ2n) is 5.56. The molecule has 1 atom stereocenters. The predicted molar refractivity (Wildman–Crippen MR) is 85.1 cm³/mol. The van der Waals surface area contributed by atoms with Crippen molar-refractivity contribution in [3.63, 3.8) is 0 Å². The van der Waals surface area contributed by atoms with Gasteiger partial charge in [-0.1, -0.05) is 29.3 Å². The van der Waals surface area contributed by atoms with Gasteiger partial charge < -0.3 is 10.1 Å². The summed E-state index contributed by atoms with van der Waals surface area (Å²) >= 11 is 12.1. The summed E-state index contributed by atoms with van der Waals surface area (Å²) in [5, 5.41) is 3.50. The summed E-state index contributed by atoms with van der Waals surface area (Å²) in [4.78, 5) is 25.9. The number of ether oxygens (including phenoxy) is 1. The van der Waals surface area contributed by atoms with Gasteiger partial charge in [-0.05, 0) is 32.9 Å². The van der Waals surface area contributed by atoms with E-state index < -0.39 is 11.6 Å². The number of halogens is 2. The number of hydrogen-bond donors (Lipinski definition) is 1. The van der Waals surface area contributed by atoms with Gasteiger partial charge in [0, 0.05) is 15.6 Å². The van der Waals surface area contributed by atoms with Crippen molar-refractivity contribution in [1.29, 1.82) is 0 Å². The molecule has 22 heavy (non-hydrogen) atoms. The molecule has 0 saturated carbocycles. The van der Waals surface area contributed by atoms with Crippen LogP contribution in [0.3, 0.4) is 0 Å². The number of carbonyl (C=O) groups is 2. The van der Waals surface area contributed by atoms with Gasteiger partial charge in [0.05, 0.1) is 19.3 Å². The van der Waals surface area contributed by atoms with Gasteiger partial charge in [0.15, 0.2) is 0 Å². The summed E-state index contributed by atoms with van der Waals surface area (Å²) in [6.07, 6.45) is 0.0397. The zero-order valence-electron chi connectivity index (χ0n) is 12.7. The molecule has 1 aromatic rings. The molecule has 1 heterocycles. The summed E-state index contributed by atoms with van der Waals surface area (Å²) in [6.45, 7) is 5.91. The fourth-order valence-electron chi connectivity index (χ4n) is 2.36. The van der Waals surface area contributed by atoms with Crippen LogP contribution in [0.1, 0.15) is 26.3 Å². The Bertz CT molecular complexity index is 606. The molecule has 1 fully saturated rings. The molecular formula is C15H18Cl2N2O3. The van der Waals surface area contributed by atoms with Crippen molar-refractivity contribution in [2.75, 3.05) is 13.2 Å². The molecule has 0 aliphatic carbocycles. The Balaban J connectivity index is 2.22. The molecule has 0 spiro atoms. The van der Waals surface area contributed by atoms with E-state index in [-0.39, 0.29) is 18.6 Å². The van der Waals surface area contributed by atoms with Crippen LogP contribution in [0.25, 0.3) is 0 Å². The van der Waals surface area contributed by atoms with E-state index >= 15 is 0 Å². The molecule has 1 saturated heterocycles. The number of amides is 3. The van der Waals surface area contributed by atoms with Gasteiger partial charge in [-0.25, -0.2) is 4.79 Å². The van der Waals surface area contributed by atoms with Crippen molar-refractivity contribution in [2.45, 2.75) is 32.4 Å². The molecule has 1 aliphatic rings. The molecular weight excluding hydrogens is 327 g/mol. The Morgan fingerprint density at radius 2 is 2.00 bits per heavy atom. The fraction of sp³-hybridized carbons (Fsp3) is 0.467. The molecule has 1 unspecified atom stereocenters. The fourth-order valence-corrected chi connectivity index (χ4v) is 2.95. The maximum Gasteiger partial charge on any atom is 0.325 e. The van der Waals surface area contributed by atoms with Crippen LogP contribution in [0.4, 0.5) is 4.79 Å². The molecule has 0 radical (unpaired) electrons. The number of imide groups is 1. The molecule has 5 nitrogen and oxygen atoms in total.